The SMILES string of the molecule is Cc1[nH]c(=O)c(C#N)cc1C(=O)OC1CCCCC1. The fourth-order valence-corrected chi connectivity index (χ4v) is 2.32. The van der Waals surface area contributed by atoms with Crippen LogP contribution in [0, 0.1) is 18.3 Å². The Hall–Kier alpha value is -2.09. The Kier molecular flexibility index (Phi) is 4.00. The molecule has 1 aliphatic rings. The van der Waals surface area contributed by atoms with Crippen molar-refractivity contribution in [2.24, 2.45) is 0 Å². The third-order valence-corrected chi connectivity index (χ3v) is 3.40. The molecule has 1 heterocycles. The van der Waals surface area contributed by atoms with Crippen LogP contribution in [0.25, 0.3) is 0 Å². The summed E-state index contributed by atoms with van der Waals surface area (Å²) in [6.07, 6.45) is 5.07. The normalized spacial score (nSPS) is 15.8. The standard InChI is InChI=1S/C14H16N2O3/c1-9-12(7-10(8-15)13(17)16-9)14(18)19-11-5-3-2-4-6-11/h7,11H,2-6H2,1H3,(H,16,17). The minimum absolute atomic E-state index is 0.0434. The van der Waals surface area contributed by atoms with E-state index in [0.29, 0.717) is 5.69 Å². The number of rotatable bonds is 2. The Morgan fingerprint density at radius 2 is 2.11 bits per heavy atom. The van der Waals surface area contributed by atoms with Crippen molar-refractivity contribution in [2.75, 3.05) is 0 Å². The molecule has 0 saturated heterocycles. The van der Waals surface area contributed by atoms with Crippen molar-refractivity contribution >= 4 is 5.97 Å². The monoisotopic (exact) mass is 260 g/mol. The van der Waals surface area contributed by atoms with Gasteiger partial charge in [0.1, 0.15) is 17.7 Å². The van der Waals surface area contributed by atoms with E-state index < -0.39 is 11.5 Å². The molecule has 1 aromatic rings. The van der Waals surface area contributed by atoms with Gasteiger partial charge in [0.15, 0.2) is 0 Å². The van der Waals surface area contributed by atoms with E-state index in [1.807, 2.05) is 0 Å². The third kappa shape index (κ3) is 3.02. The topological polar surface area (TPSA) is 83.0 Å². The summed E-state index contributed by atoms with van der Waals surface area (Å²) in [6.45, 7) is 1.63. The van der Waals surface area contributed by atoms with Gasteiger partial charge in [-0.15, -0.1) is 0 Å². The lowest BCUT2D eigenvalue weighted by molar-refractivity contribution is 0.0209. The van der Waals surface area contributed by atoms with E-state index in [0.717, 1.165) is 25.7 Å². The van der Waals surface area contributed by atoms with Crippen LogP contribution in [0.3, 0.4) is 0 Å². The number of hydrogen-bond acceptors (Lipinski definition) is 4. The molecule has 1 aromatic heterocycles. The first-order chi connectivity index (χ1) is 9.11. The van der Waals surface area contributed by atoms with Gasteiger partial charge >= 0.3 is 5.97 Å². The number of carbonyl (C=O) groups excluding carboxylic acids is 1. The number of H-pyrrole nitrogens is 1. The second-order valence-electron chi connectivity index (χ2n) is 4.83. The molecule has 1 N–H and O–H groups in total. The van der Waals surface area contributed by atoms with Gasteiger partial charge < -0.3 is 9.72 Å². The first kappa shape index (κ1) is 13.3. The Labute approximate surface area is 111 Å². The van der Waals surface area contributed by atoms with Crippen molar-refractivity contribution in [1.29, 1.82) is 5.26 Å². The average Bonchev–Trinajstić information content (AvgIpc) is 2.40. The molecule has 2 rings (SSSR count). The Morgan fingerprint density at radius 3 is 2.74 bits per heavy atom. The summed E-state index contributed by atoms with van der Waals surface area (Å²) in [7, 11) is 0. The summed E-state index contributed by atoms with van der Waals surface area (Å²) < 4.78 is 5.43. The predicted octanol–water partition coefficient (Wildman–Crippen LogP) is 2.04. The van der Waals surface area contributed by atoms with Crippen LogP contribution in [0.15, 0.2) is 10.9 Å². The molecule has 5 heteroatoms. The van der Waals surface area contributed by atoms with Crippen LogP contribution in [-0.4, -0.2) is 17.1 Å². The zero-order valence-electron chi connectivity index (χ0n) is 10.9. The van der Waals surface area contributed by atoms with Crippen molar-refractivity contribution in [3.05, 3.63) is 33.2 Å². The van der Waals surface area contributed by atoms with Crippen LogP contribution >= 0.6 is 0 Å². The maximum absolute atomic E-state index is 12.1. The number of aryl methyl sites for hydroxylation is 1. The van der Waals surface area contributed by atoms with Crippen LogP contribution < -0.4 is 5.56 Å². The fourth-order valence-electron chi connectivity index (χ4n) is 2.32. The zero-order valence-corrected chi connectivity index (χ0v) is 10.9. The van der Waals surface area contributed by atoms with Crippen LogP contribution in [0.4, 0.5) is 0 Å². The molecule has 0 spiro atoms. The number of pyridine rings is 1. The molecule has 1 fully saturated rings. The van der Waals surface area contributed by atoms with E-state index in [1.54, 1.807) is 13.0 Å². The molecular weight excluding hydrogens is 244 g/mol. The molecule has 100 valence electrons. The summed E-state index contributed by atoms with van der Waals surface area (Å²) in [6, 6.07) is 3.07. The van der Waals surface area contributed by atoms with E-state index in [1.165, 1.54) is 12.5 Å². The first-order valence-corrected chi connectivity index (χ1v) is 6.47. The molecule has 0 aromatic carbocycles. The minimum atomic E-state index is -0.478. The van der Waals surface area contributed by atoms with E-state index in [2.05, 4.69) is 4.98 Å². The number of nitrogens with zero attached hydrogens (tertiary/aromatic N) is 1. The zero-order chi connectivity index (χ0) is 13.8. The smallest absolute Gasteiger partial charge is 0.340 e. The van der Waals surface area contributed by atoms with Crippen LogP contribution in [0.5, 0.6) is 0 Å². The first-order valence-electron chi connectivity index (χ1n) is 6.47. The van der Waals surface area contributed by atoms with E-state index >= 15 is 0 Å². The largest absolute Gasteiger partial charge is 0.459 e. The number of nitrogens with one attached hydrogen (secondary N) is 1. The van der Waals surface area contributed by atoms with Gasteiger partial charge in [-0.1, -0.05) is 6.42 Å². The lowest BCUT2D eigenvalue weighted by Gasteiger charge is -2.22. The molecule has 0 radical (unpaired) electrons. The summed E-state index contributed by atoms with van der Waals surface area (Å²) in [4.78, 5) is 26.0. The van der Waals surface area contributed by atoms with Crippen molar-refractivity contribution in [3.63, 3.8) is 0 Å². The highest BCUT2D eigenvalue weighted by Crippen LogP contribution is 2.21. The number of carbonyl (C=O) groups is 1. The average molecular weight is 260 g/mol. The van der Waals surface area contributed by atoms with Gasteiger partial charge in [-0.2, -0.15) is 5.26 Å². The summed E-state index contributed by atoms with van der Waals surface area (Å²) in [5.74, 6) is -0.461. The van der Waals surface area contributed by atoms with Gasteiger partial charge in [-0.3, -0.25) is 4.79 Å². The Balaban J connectivity index is 2.19. The summed E-state index contributed by atoms with van der Waals surface area (Å²) in [5.41, 5.74) is 0.155. The molecule has 1 aliphatic carbocycles. The minimum Gasteiger partial charge on any atom is -0.459 e. The summed E-state index contributed by atoms with van der Waals surface area (Å²) >= 11 is 0. The lowest BCUT2D eigenvalue weighted by Crippen LogP contribution is -2.23. The summed E-state index contributed by atoms with van der Waals surface area (Å²) in [5, 5.41) is 8.81. The highest BCUT2D eigenvalue weighted by Gasteiger charge is 2.21. The predicted molar refractivity (Wildman–Crippen MR) is 68.8 cm³/mol. The van der Waals surface area contributed by atoms with Gasteiger partial charge in [-0.05, 0) is 38.7 Å². The van der Waals surface area contributed by atoms with Crippen LogP contribution in [0.2, 0.25) is 0 Å². The van der Waals surface area contributed by atoms with Gasteiger partial charge in [0.25, 0.3) is 5.56 Å². The molecule has 0 amide bonds. The van der Waals surface area contributed by atoms with Gasteiger partial charge in [0.05, 0.1) is 5.56 Å². The molecular formula is C14H16N2O3. The second kappa shape index (κ2) is 5.70. The van der Waals surface area contributed by atoms with Crippen molar-refractivity contribution in [2.45, 2.75) is 45.1 Å². The number of nitriles is 1. The van der Waals surface area contributed by atoms with Crippen LogP contribution in [-0.2, 0) is 4.74 Å². The van der Waals surface area contributed by atoms with Gasteiger partial charge in [-0.25, -0.2) is 4.79 Å². The maximum Gasteiger partial charge on any atom is 0.340 e. The quantitative estimate of drug-likeness (QED) is 0.825. The molecule has 19 heavy (non-hydrogen) atoms. The second-order valence-corrected chi connectivity index (χ2v) is 4.83. The van der Waals surface area contributed by atoms with E-state index in [9.17, 15) is 9.59 Å². The number of hydrogen-bond donors (Lipinski definition) is 1. The van der Waals surface area contributed by atoms with Crippen LogP contribution in [0.1, 0.15) is 53.7 Å². The molecule has 5 nitrogen and oxygen atoms in total. The number of esters is 1. The number of aromatic nitrogens is 1. The van der Waals surface area contributed by atoms with Crippen molar-refractivity contribution in [1.82, 2.24) is 4.98 Å². The number of aromatic amines is 1. The number of ether oxygens (including phenoxy) is 1. The molecule has 0 unspecified atom stereocenters. The van der Waals surface area contributed by atoms with Crippen molar-refractivity contribution < 1.29 is 9.53 Å². The molecule has 1 saturated carbocycles. The fraction of sp³-hybridized carbons (Fsp3) is 0.500. The van der Waals surface area contributed by atoms with Gasteiger partial charge in [0, 0.05) is 5.69 Å². The van der Waals surface area contributed by atoms with Crippen molar-refractivity contribution in [3.8, 4) is 6.07 Å². The molecule has 0 bridgehead atoms. The third-order valence-electron chi connectivity index (χ3n) is 3.40. The Bertz CT molecular complexity index is 577. The van der Waals surface area contributed by atoms with Gasteiger partial charge in [0.2, 0.25) is 0 Å². The lowest BCUT2D eigenvalue weighted by atomic mass is 9.98. The van der Waals surface area contributed by atoms with E-state index in [-0.39, 0.29) is 17.2 Å². The van der Waals surface area contributed by atoms with E-state index in [4.69, 9.17) is 10.00 Å². The maximum atomic E-state index is 12.1. The highest BCUT2D eigenvalue weighted by atomic mass is 16.5. The molecule has 0 aliphatic heterocycles. The molecule has 0 atom stereocenters. The Morgan fingerprint density at radius 1 is 1.42 bits per heavy atom. The highest BCUT2D eigenvalue weighted by molar-refractivity contribution is 5.91.